The molecule has 2 heterocycles. The summed E-state index contributed by atoms with van der Waals surface area (Å²) in [6, 6.07) is 0. The number of nitrogens with one attached hydrogen (secondary N) is 1. The van der Waals surface area contributed by atoms with E-state index in [4.69, 9.17) is 0 Å². The summed E-state index contributed by atoms with van der Waals surface area (Å²) < 4.78 is 0. The molecule has 0 bridgehead atoms. The van der Waals surface area contributed by atoms with Crippen LogP contribution in [0.3, 0.4) is 0 Å². The second-order valence-electron chi connectivity index (χ2n) is 5.80. The average molecular weight is 282 g/mol. The molecular formula is C14H22N2O4. The van der Waals surface area contributed by atoms with Crippen molar-refractivity contribution in [3.8, 4) is 0 Å². The molecule has 0 aromatic carbocycles. The zero-order valence-corrected chi connectivity index (χ0v) is 11.9. The van der Waals surface area contributed by atoms with E-state index in [-0.39, 0.29) is 17.7 Å². The Balaban J connectivity index is 1.91. The van der Waals surface area contributed by atoms with Crippen molar-refractivity contribution in [2.75, 3.05) is 19.6 Å². The summed E-state index contributed by atoms with van der Waals surface area (Å²) in [4.78, 5) is 36.6. The van der Waals surface area contributed by atoms with Crippen molar-refractivity contribution in [3.05, 3.63) is 0 Å². The van der Waals surface area contributed by atoms with E-state index in [1.54, 1.807) is 4.90 Å². The lowest BCUT2D eigenvalue weighted by Crippen LogP contribution is -2.50. The third-order valence-electron chi connectivity index (χ3n) is 4.78. The van der Waals surface area contributed by atoms with E-state index in [0.717, 1.165) is 0 Å². The molecule has 20 heavy (non-hydrogen) atoms. The summed E-state index contributed by atoms with van der Waals surface area (Å²) in [5.41, 5.74) is -0.669. The standard InChI is InChI=1S/C14H22N2O4/c1-2-14(13(19)20)5-7-16(8-6-14)12(18)10-3-4-11(17)15-9-10/h10H,2-9H2,1H3,(H,15,17)(H,19,20). The highest BCUT2D eigenvalue weighted by Crippen LogP contribution is 2.35. The number of carbonyl (C=O) groups is 3. The van der Waals surface area contributed by atoms with Crippen molar-refractivity contribution >= 4 is 17.8 Å². The molecule has 2 fully saturated rings. The highest BCUT2D eigenvalue weighted by atomic mass is 16.4. The fourth-order valence-electron chi connectivity index (χ4n) is 3.08. The van der Waals surface area contributed by atoms with Crippen molar-refractivity contribution in [1.29, 1.82) is 0 Å². The number of nitrogens with zero attached hydrogens (tertiary/aromatic N) is 1. The first-order valence-corrected chi connectivity index (χ1v) is 7.27. The largest absolute Gasteiger partial charge is 0.481 e. The highest BCUT2D eigenvalue weighted by Gasteiger charge is 2.41. The molecule has 112 valence electrons. The van der Waals surface area contributed by atoms with Crippen LogP contribution in [0.25, 0.3) is 0 Å². The number of aliphatic carboxylic acids is 1. The normalized spacial score (nSPS) is 25.9. The predicted octanol–water partition coefficient (Wildman–Crippen LogP) is 0.616. The number of hydrogen-bond donors (Lipinski definition) is 2. The van der Waals surface area contributed by atoms with Gasteiger partial charge < -0.3 is 15.3 Å². The Kier molecular flexibility index (Phi) is 4.30. The maximum absolute atomic E-state index is 12.4. The van der Waals surface area contributed by atoms with Crippen LogP contribution in [0.5, 0.6) is 0 Å². The molecule has 2 saturated heterocycles. The van der Waals surface area contributed by atoms with Gasteiger partial charge >= 0.3 is 5.97 Å². The zero-order valence-electron chi connectivity index (χ0n) is 11.9. The number of carbonyl (C=O) groups excluding carboxylic acids is 2. The molecule has 0 spiro atoms. The van der Waals surface area contributed by atoms with Gasteiger partial charge in [0.15, 0.2) is 0 Å². The van der Waals surface area contributed by atoms with Crippen LogP contribution in [0, 0.1) is 11.3 Å². The number of likely N-dealkylation sites (tertiary alicyclic amines) is 1. The van der Waals surface area contributed by atoms with Crippen LogP contribution in [-0.2, 0) is 14.4 Å². The monoisotopic (exact) mass is 282 g/mol. The molecule has 0 aliphatic carbocycles. The molecule has 2 rings (SSSR count). The summed E-state index contributed by atoms with van der Waals surface area (Å²) in [6.07, 6.45) is 2.63. The SMILES string of the molecule is CCC1(C(=O)O)CCN(C(=O)C2CCC(=O)NC2)CC1. The Hall–Kier alpha value is -1.59. The van der Waals surface area contributed by atoms with Crippen LogP contribution in [0.1, 0.15) is 39.0 Å². The molecule has 2 aliphatic heterocycles. The number of rotatable bonds is 3. The van der Waals surface area contributed by atoms with E-state index in [9.17, 15) is 19.5 Å². The van der Waals surface area contributed by atoms with E-state index in [1.165, 1.54) is 0 Å². The molecule has 2 aliphatic rings. The van der Waals surface area contributed by atoms with Gasteiger partial charge in [0.1, 0.15) is 0 Å². The van der Waals surface area contributed by atoms with Gasteiger partial charge in [-0.25, -0.2) is 0 Å². The Morgan fingerprint density at radius 1 is 1.40 bits per heavy atom. The summed E-state index contributed by atoms with van der Waals surface area (Å²) in [5, 5.41) is 12.1. The second-order valence-corrected chi connectivity index (χ2v) is 5.80. The van der Waals surface area contributed by atoms with Crippen molar-refractivity contribution in [2.24, 2.45) is 11.3 Å². The Morgan fingerprint density at radius 3 is 2.50 bits per heavy atom. The first-order valence-electron chi connectivity index (χ1n) is 7.27. The number of hydrogen-bond acceptors (Lipinski definition) is 3. The lowest BCUT2D eigenvalue weighted by Gasteiger charge is -2.40. The molecule has 0 radical (unpaired) electrons. The molecular weight excluding hydrogens is 260 g/mol. The Bertz CT molecular complexity index is 403. The zero-order chi connectivity index (χ0) is 14.8. The minimum Gasteiger partial charge on any atom is -0.481 e. The topological polar surface area (TPSA) is 86.7 Å². The van der Waals surface area contributed by atoms with Crippen molar-refractivity contribution < 1.29 is 19.5 Å². The lowest BCUT2D eigenvalue weighted by molar-refractivity contribution is -0.155. The molecule has 2 amide bonds. The fraction of sp³-hybridized carbons (Fsp3) is 0.786. The van der Waals surface area contributed by atoms with Crippen molar-refractivity contribution in [2.45, 2.75) is 39.0 Å². The van der Waals surface area contributed by atoms with Crippen molar-refractivity contribution in [1.82, 2.24) is 10.2 Å². The minimum absolute atomic E-state index is 0.00331. The van der Waals surface area contributed by atoms with Crippen molar-refractivity contribution in [3.63, 3.8) is 0 Å². The molecule has 1 atom stereocenters. The third-order valence-corrected chi connectivity index (χ3v) is 4.78. The molecule has 0 saturated carbocycles. The molecule has 0 aromatic heterocycles. The predicted molar refractivity (Wildman–Crippen MR) is 71.9 cm³/mol. The van der Waals surface area contributed by atoms with Crippen LogP contribution in [0.2, 0.25) is 0 Å². The van der Waals surface area contributed by atoms with E-state index < -0.39 is 11.4 Å². The van der Waals surface area contributed by atoms with Gasteiger partial charge in [0.25, 0.3) is 0 Å². The van der Waals surface area contributed by atoms with Crippen LogP contribution in [0.4, 0.5) is 0 Å². The van der Waals surface area contributed by atoms with Gasteiger partial charge in [0.2, 0.25) is 11.8 Å². The quantitative estimate of drug-likeness (QED) is 0.794. The van der Waals surface area contributed by atoms with Gasteiger partial charge in [-0.2, -0.15) is 0 Å². The molecule has 6 nitrogen and oxygen atoms in total. The third kappa shape index (κ3) is 2.78. The molecule has 1 unspecified atom stereocenters. The van der Waals surface area contributed by atoms with E-state index in [1.807, 2.05) is 6.92 Å². The maximum atomic E-state index is 12.4. The van der Waals surface area contributed by atoms with Gasteiger partial charge in [-0.1, -0.05) is 6.92 Å². The van der Waals surface area contributed by atoms with Crippen LogP contribution >= 0.6 is 0 Å². The van der Waals surface area contributed by atoms with E-state index in [0.29, 0.717) is 51.7 Å². The molecule has 6 heteroatoms. The summed E-state index contributed by atoms with van der Waals surface area (Å²) in [5.74, 6) is -0.840. The maximum Gasteiger partial charge on any atom is 0.309 e. The van der Waals surface area contributed by atoms with Crippen LogP contribution in [0.15, 0.2) is 0 Å². The Morgan fingerprint density at radius 2 is 2.05 bits per heavy atom. The summed E-state index contributed by atoms with van der Waals surface area (Å²) >= 11 is 0. The second kappa shape index (κ2) is 5.81. The van der Waals surface area contributed by atoms with Gasteiger partial charge in [0.05, 0.1) is 11.3 Å². The highest BCUT2D eigenvalue weighted by molar-refractivity contribution is 5.84. The number of carboxylic acids is 1. The number of piperidine rings is 2. The fourth-order valence-corrected chi connectivity index (χ4v) is 3.08. The number of amides is 2. The van der Waals surface area contributed by atoms with Gasteiger partial charge in [-0.15, -0.1) is 0 Å². The lowest BCUT2D eigenvalue weighted by atomic mass is 9.76. The van der Waals surface area contributed by atoms with Crippen LogP contribution < -0.4 is 5.32 Å². The summed E-state index contributed by atoms with van der Waals surface area (Å²) in [6.45, 7) is 3.31. The van der Waals surface area contributed by atoms with Gasteiger partial charge in [-0.3, -0.25) is 14.4 Å². The summed E-state index contributed by atoms with van der Waals surface area (Å²) in [7, 11) is 0. The molecule has 0 aromatic rings. The van der Waals surface area contributed by atoms with Gasteiger partial charge in [-0.05, 0) is 25.7 Å². The first kappa shape index (κ1) is 14.8. The van der Waals surface area contributed by atoms with E-state index in [2.05, 4.69) is 5.32 Å². The smallest absolute Gasteiger partial charge is 0.309 e. The average Bonchev–Trinajstić information content (AvgIpc) is 2.47. The molecule has 2 N–H and O–H groups in total. The Labute approximate surface area is 118 Å². The minimum atomic E-state index is -0.753. The van der Waals surface area contributed by atoms with Crippen LogP contribution in [-0.4, -0.2) is 47.4 Å². The number of carboxylic acid groups (broad SMARTS) is 1. The van der Waals surface area contributed by atoms with E-state index >= 15 is 0 Å². The van der Waals surface area contributed by atoms with Gasteiger partial charge in [0, 0.05) is 26.1 Å². The first-order chi connectivity index (χ1) is 9.48.